The van der Waals surface area contributed by atoms with Crippen LogP contribution in [0.25, 0.3) is 0 Å². The van der Waals surface area contributed by atoms with Gasteiger partial charge in [-0.05, 0) is 24.0 Å². The van der Waals surface area contributed by atoms with E-state index < -0.39 is 0 Å². The highest BCUT2D eigenvalue weighted by atomic mass is 14.9. The Morgan fingerprint density at radius 3 is 2.11 bits per heavy atom. The Balaban J connectivity index is 1.94. The highest BCUT2D eigenvalue weighted by molar-refractivity contribution is 5.26. The minimum absolute atomic E-state index is 0.321. The van der Waals surface area contributed by atoms with E-state index in [0.29, 0.717) is 12.0 Å². The standard InChI is InChI=1S/C16H21N3/c1-12(2)15-4-6-16(7-5-15)13(3)19-10-14-8-17-11-18-9-14/h4-9,11-13,19H,10H2,1-3H3. The average molecular weight is 255 g/mol. The Labute approximate surface area is 115 Å². The molecule has 0 aliphatic rings. The van der Waals surface area contributed by atoms with Crippen molar-refractivity contribution in [1.82, 2.24) is 15.3 Å². The monoisotopic (exact) mass is 255 g/mol. The van der Waals surface area contributed by atoms with Gasteiger partial charge in [-0.3, -0.25) is 0 Å². The minimum Gasteiger partial charge on any atom is -0.306 e. The number of rotatable bonds is 5. The Morgan fingerprint density at radius 2 is 1.53 bits per heavy atom. The molecule has 1 unspecified atom stereocenters. The summed E-state index contributed by atoms with van der Waals surface area (Å²) in [6.07, 6.45) is 5.24. The van der Waals surface area contributed by atoms with Gasteiger partial charge in [-0.25, -0.2) is 9.97 Å². The second kappa shape index (κ2) is 6.43. The molecule has 0 bridgehead atoms. The first-order valence-electron chi connectivity index (χ1n) is 6.74. The summed E-state index contributed by atoms with van der Waals surface area (Å²) in [7, 11) is 0. The zero-order valence-corrected chi connectivity index (χ0v) is 11.8. The van der Waals surface area contributed by atoms with Gasteiger partial charge >= 0.3 is 0 Å². The molecule has 1 aromatic heterocycles. The van der Waals surface area contributed by atoms with Gasteiger partial charge < -0.3 is 5.32 Å². The molecule has 100 valence electrons. The lowest BCUT2D eigenvalue weighted by atomic mass is 9.99. The molecular formula is C16H21N3. The first-order chi connectivity index (χ1) is 9.16. The van der Waals surface area contributed by atoms with Crippen molar-refractivity contribution in [2.24, 2.45) is 0 Å². The van der Waals surface area contributed by atoms with Gasteiger partial charge in [-0.1, -0.05) is 38.1 Å². The fourth-order valence-electron chi connectivity index (χ4n) is 1.98. The van der Waals surface area contributed by atoms with Gasteiger partial charge in [0.05, 0.1) is 0 Å². The van der Waals surface area contributed by atoms with E-state index in [1.807, 2.05) is 12.4 Å². The lowest BCUT2D eigenvalue weighted by Crippen LogP contribution is -2.18. The maximum atomic E-state index is 4.02. The maximum Gasteiger partial charge on any atom is 0.115 e. The highest BCUT2D eigenvalue weighted by Gasteiger charge is 2.06. The first kappa shape index (κ1) is 13.7. The quantitative estimate of drug-likeness (QED) is 0.889. The van der Waals surface area contributed by atoms with Gasteiger partial charge in [0, 0.05) is 30.5 Å². The highest BCUT2D eigenvalue weighted by Crippen LogP contribution is 2.18. The molecule has 0 spiro atoms. The van der Waals surface area contributed by atoms with E-state index in [2.05, 4.69) is 60.3 Å². The largest absolute Gasteiger partial charge is 0.306 e. The van der Waals surface area contributed by atoms with Gasteiger partial charge in [0.1, 0.15) is 6.33 Å². The number of aromatic nitrogens is 2. The van der Waals surface area contributed by atoms with E-state index in [1.54, 1.807) is 6.33 Å². The van der Waals surface area contributed by atoms with E-state index >= 15 is 0 Å². The Morgan fingerprint density at radius 1 is 0.947 bits per heavy atom. The molecule has 3 heteroatoms. The second-order valence-corrected chi connectivity index (χ2v) is 5.17. The molecular weight excluding hydrogens is 234 g/mol. The Hall–Kier alpha value is -1.74. The van der Waals surface area contributed by atoms with Crippen LogP contribution in [0.1, 0.15) is 49.4 Å². The van der Waals surface area contributed by atoms with E-state index in [-0.39, 0.29) is 0 Å². The van der Waals surface area contributed by atoms with Gasteiger partial charge in [0.25, 0.3) is 0 Å². The molecule has 1 heterocycles. The molecule has 0 fully saturated rings. The van der Waals surface area contributed by atoms with Gasteiger partial charge in [0.15, 0.2) is 0 Å². The molecule has 1 N–H and O–H groups in total. The van der Waals surface area contributed by atoms with Crippen molar-refractivity contribution < 1.29 is 0 Å². The summed E-state index contributed by atoms with van der Waals surface area (Å²) < 4.78 is 0. The average Bonchev–Trinajstić information content (AvgIpc) is 2.46. The molecule has 0 aliphatic carbocycles. The maximum absolute atomic E-state index is 4.02. The van der Waals surface area contributed by atoms with Gasteiger partial charge in [-0.15, -0.1) is 0 Å². The van der Waals surface area contributed by atoms with Crippen LogP contribution in [0.3, 0.4) is 0 Å². The zero-order valence-electron chi connectivity index (χ0n) is 11.8. The molecule has 3 nitrogen and oxygen atoms in total. The fraction of sp³-hybridized carbons (Fsp3) is 0.375. The summed E-state index contributed by atoms with van der Waals surface area (Å²) in [6, 6.07) is 9.15. The fourth-order valence-corrected chi connectivity index (χ4v) is 1.98. The van der Waals surface area contributed by atoms with Crippen LogP contribution < -0.4 is 5.32 Å². The van der Waals surface area contributed by atoms with Crippen LogP contribution in [-0.2, 0) is 6.54 Å². The van der Waals surface area contributed by atoms with Crippen LogP contribution in [0.4, 0.5) is 0 Å². The number of nitrogens with one attached hydrogen (secondary N) is 1. The lowest BCUT2D eigenvalue weighted by molar-refractivity contribution is 0.572. The molecule has 19 heavy (non-hydrogen) atoms. The second-order valence-electron chi connectivity index (χ2n) is 5.17. The van der Waals surface area contributed by atoms with Crippen LogP contribution in [0.2, 0.25) is 0 Å². The van der Waals surface area contributed by atoms with E-state index in [4.69, 9.17) is 0 Å². The van der Waals surface area contributed by atoms with Crippen LogP contribution in [0, 0.1) is 0 Å². The van der Waals surface area contributed by atoms with Crippen LogP contribution in [0.15, 0.2) is 43.0 Å². The molecule has 0 saturated carbocycles. The van der Waals surface area contributed by atoms with E-state index in [0.717, 1.165) is 12.1 Å². The molecule has 2 rings (SSSR count). The Bertz CT molecular complexity index is 491. The van der Waals surface area contributed by atoms with E-state index in [9.17, 15) is 0 Å². The zero-order chi connectivity index (χ0) is 13.7. The number of hydrogen-bond donors (Lipinski definition) is 1. The SMILES string of the molecule is CC(C)c1ccc(C(C)NCc2cncnc2)cc1. The third-order valence-electron chi connectivity index (χ3n) is 3.33. The predicted octanol–water partition coefficient (Wildman–Crippen LogP) is 3.45. The third-order valence-corrected chi connectivity index (χ3v) is 3.33. The van der Waals surface area contributed by atoms with Gasteiger partial charge in [-0.2, -0.15) is 0 Å². The van der Waals surface area contributed by atoms with Crippen molar-refractivity contribution in [2.45, 2.75) is 39.3 Å². The van der Waals surface area contributed by atoms with E-state index in [1.165, 1.54) is 11.1 Å². The van der Waals surface area contributed by atoms with Gasteiger partial charge in [0.2, 0.25) is 0 Å². The molecule has 0 radical (unpaired) electrons. The summed E-state index contributed by atoms with van der Waals surface area (Å²) in [6.45, 7) is 7.39. The molecule has 1 atom stereocenters. The lowest BCUT2D eigenvalue weighted by Gasteiger charge is -2.15. The topological polar surface area (TPSA) is 37.8 Å². The minimum atomic E-state index is 0.321. The number of benzene rings is 1. The van der Waals surface area contributed by atoms with Crippen LogP contribution in [-0.4, -0.2) is 9.97 Å². The summed E-state index contributed by atoms with van der Waals surface area (Å²) in [4.78, 5) is 8.03. The summed E-state index contributed by atoms with van der Waals surface area (Å²) in [5.41, 5.74) is 3.79. The van der Waals surface area contributed by atoms with Crippen molar-refractivity contribution in [3.8, 4) is 0 Å². The van der Waals surface area contributed by atoms with Crippen molar-refractivity contribution in [3.05, 3.63) is 59.7 Å². The van der Waals surface area contributed by atoms with Crippen molar-refractivity contribution in [1.29, 1.82) is 0 Å². The van der Waals surface area contributed by atoms with Crippen LogP contribution >= 0.6 is 0 Å². The predicted molar refractivity (Wildman–Crippen MR) is 77.8 cm³/mol. The number of hydrogen-bond acceptors (Lipinski definition) is 3. The summed E-state index contributed by atoms with van der Waals surface area (Å²) in [5.74, 6) is 0.582. The van der Waals surface area contributed by atoms with Crippen molar-refractivity contribution >= 4 is 0 Å². The number of nitrogens with zero attached hydrogens (tertiary/aromatic N) is 2. The van der Waals surface area contributed by atoms with Crippen molar-refractivity contribution in [3.63, 3.8) is 0 Å². The molecule has 0 saturated heterocycles. The van der Waals surface area contributed by atoms with Crippen LogP contribution in [0.5, 0.6) is 0 Å². The Kier molecular flexibility index (Phi) is 4.63. The summed E-state index contributed by atoms with van der Waals surface area (Å²) >= 11 is 0. The smallest absolute Gasteiger partial charge is 0.115 e. The summed E-state index contributed by atoms with van der Waals surface area (Å²) in [5, 5.41) is 3.48. The third kappa shape index (κ3) is 3.86. The molecule has 0 amide bonds. The molecule has 1 aromatic carbocycles. The first-order valence-corrected chi connectivity index (χ1v) is 6.74. The van der Waals surface area contributed by atoms with Crippen molar-refractivity contribution in [2.75, 3.05) is 0 Å². The molecule has 0 aliphatic heterocycles. The normalized spacial score (nSPS) is 12.6. The molecule has 2 aromatic rings.